The molecule has 0 spiro atoms. The fourth-order valence-electron chi connectivity index (χ4n) is 2.81. The predicted octanol–water partition coefficient (Wildman–Crippen LogP) is 3.76. The van der Waals surface area contributed by atoms with Gasteiger partial charge >= 0.3 is 0 Å². The first-order valence-electron chi connectivity index (χ1n) is 8.80. The maximum atomic E-state index is 12.9. The van der Waals surface area contributed by atoms with Gasteiger partial charge in [0, 0.05) is 17.6 Å². The number of aromatic nitrogens is 1. The number of sulfonamides is 1. The second-order valence-electron chi connectivity index (χ2n) is 6.47. The van der Waals surface area contributed by atoms with Crippen LogP contribution in [0.2, 0.25) is 0 Å². The highest BCUT2D eigenvalue weighted by Crippen LogP contribution is 2.24. The number of hydrogen-bond acceptors (Lipinski definition) is 5. The van der Waals surface area contributed by atoms with Crippen molar-refractivity contribution >= 4 is 27.3 Å². The Morgan fingerprint density at radius 3 is 2.52 bits per heavy atom. The van der Waals surface area contributed by atoms with Gasteiger partial charge in [-0.1, -0.05) is 18.2 Å². The van der Waals surface area contributed by atoms with Crippen LogP contribution in [0, 0.1) is 13.8 Å². The van der Waals surface area contributed by atoms with Crippen molar-refractivity contribution in [3.63, 3.8) is 0 Å². The Labute approximate surface area is 169 Å². The summed E-state index contributed by atoms with van der Waals surface area (Å²) >= 11 is 0. The fraction of sp³-hybridized carbons (Fsp3) is 0.143. The molecule has 2 aromatic carbocycles. The van der Waals surface area contributed by atoms with Crippen molar-refractivity contribution < 1.29 is 17.9 Å². The summed E-state index contributed by atoms with van der Waals surface area (Å²) < 4.78 is 33.5. The number of hydrogen-bond donors (Lipinski definition) is 2. The molecule has 0 aliphatic heterocycles. The van der Waals surface area contributed by atoms with Crippen LogP contribution in [0.4, 0.5) is 11.4 Å². The Kier molecular flexibility index (Phi) is 5.84. The second-order valence-corrected chi connectivity index (χ2v) is 8.12. The Hall–Kier alpha value is -3.39. The van der Waals surface area contributed by atoms with Gasteiger partial charge in [-0.2, -0.15) is 0 Å². The van der Waals surface area contributed by atoms with Crippen LogP contribution in [0.5, 0.6) is 5.88 Å². The number of carbonyl (C=O) groups excluding carboxylic acids is 1. The summed E-state index contributed by atoms with van der Waals surface area (Å²) in [6.45, 7) is 3.58. The molecular formula is C21H21N3O4S. The normalized spacial score (nSPS) is 11.0. The molecule has 150 valence electrons. The van der Waals surface area contributed by atoms with Crippen molar-refractivity contribution in [1.82, 2.24) is 4.98 Å². The van der Waals surface area contributed by atoms with Gasteiger partial charge in [-0.15, -0.1) is 0 Å². The first kappa shape index (κ1) is 20.3. The third-order valence-electron chi connectivity index (χ3n) is 4.21. The number of nitrogens with one attached hydrogen (secondary N) is 2. The minimum Gasteiger partial charge on any atom is -0.480 e. The van der Waals surface area contributed by atoms with Crippen molar-refractivity contribution in [2.24, 2.45) is 0 Å². The van der Waals surface area contributed by atoms with Crippen LogP contribution in [-0.2, 0) is 10.0 Å². The van der Waals surface area contributed by atoms with Gasteiger partial charge in [0.15, 0.2) is 0 Å². The molecule has 0 saturated carbocycles. The summed E-state index contributed by atoms with van der Waals surface area (Å²) in [7, 11) is -2.41. The molecule has 1 heterocycles. The molecule has 7 nitrogen and oxygen atoms in total. The first-order chi connectivity index (χ1) is 13.8. The van der Waals surface area contributed by atoms with Crippen LogP contribution in [0.15, 0.2) is 65.7 Å². The maximum absolute atomic E-state index is 12.9. The van der Waals surface area contributed by atoms with E-state index >= 15 is 0 Å². The molecule has 0 saturated heterocycles. The average Bonchev–Trinajstić information content (AvgIpc) is 2.69. The lowest BCUT2D eigenvalue weighted by molar-refractivity contribution is 0.102. The van der Waals surface area contributed by atoms with Crippen LogP contribution in [0.25, 0.3) is 0 Å². The number of ether oxygens (including phenoxy) is 1. The van der Waals surface area contributed by atoms with Gasteiger partial charge < -0.3 is 10.1 Å². The lowest BCUT2D eigenvalue weighted by Crippen LogP contribution is -2.17. The lowest BCUT2D eigenvalue weighted by Gasteiger charge is -2.13. The number of nitrogens with zero attached hydrogens (tertiary/aromatic N) is 1. The molecule has 1 amide bonds. The van der Waals surface area contributed by atoms with E-state index in [0.717, 1.165) is 5.56 Å². The van der Waals surface area contributed by atoms with Crippen LogP contribution in [0.3, 0.4) is 0 Å². The highest BCUT2D eigenvalue weighted by molar-refractivity contribution is 7.92. The van der Waals surface area contributed by atoms with E-state index in [-0.39, 0.29) is 16.3 Å². The third-order valence-corrected chi connectivity index (χ3v) is 5.74. The SMILES string of the molecule is COc1ncccc1C(=O)Nc1ccc(C)c(S(=O)(=O)Nc2cccc(C)c2)c1. The molecule has 0 fully saturated rings. The van der Waals surface area contributed by atoms with Crippen LogP contribution >= 0.6 is 0 Å². The summed E-state index contributed by atoms with van der Waals surface area (Å²) in [5.41, 5.74) is 2.56. The van der Waals surface area contributed by atoms with Gasteiger partial charge in [0.05, 0.1) is 12.0 Å². The molecule has 0 aliphatic rings. The largest absolute Gasteiger partial charge is 0.480 e. The zero-order valence-corrected chi connectivity index (χ0v) is 17.1. The molecule has 2 N–H and O–H groups in total. The highest BCUT2D eigenvalue weighted by Gasteiger charge is 2.19. The molecule has 29 heavy (non-hydrogen) atoms. The van der Waals surface area contributed by atoms with Crippen LogP contribution in [0.1, 0.15) is 21.5 Å². The number of carbonyl (C=O) groups is 1. The van der Waals surface area contributed by atoms with Gasteiger partial charge in [0.1, 0.15) is 5.56 Å². The number of methoxy groups -OCH3 is 1. The number of rotatable bonds is 6. The summed E-state index contributed by atoms with van der Waals surface area (Å²) in [4.78, 5) is 16.6. The van der Waals surface area contributed by atoms with Crippen molar-refractivity contribution in [2.45, 2.75) is 18.7 Å². The van der Waals surface area contributed by atoms with Crippen molar-refractivity contribution in [1.29, 1.82) is 0 Å². The van der Waals surface area contributed by atoms with E-state index in [1.54, 1.807) is 49.4 Å². The van der Waals surface area contributed by atoms with E-state index in [1.807, 2.05) is 13.0 Å². The number of pyridine rings is 1. The van der Waals surface area contributed by atoms with Crippen molar-refractivity contribution in [3.05, 3.63) is 77.5 Å². The van der Waals surface area contributed by atoms with Crippen LogP contribution in [-0.4, -0.2) is 26.4 Å². The molecule has 3 aromatic rings. The van der Waals surface area contributed by atoms with Gasteiger partial charge in [0.25, 0.3) is 15.9 Å². The molecule has 0 bridgehead atoms. The summed E-state index contributed by atoms with van der Waals surface area (Å²) in [6.07, 6.45) is 1.52. The Morgan fingerprint density at radius 1 is 1.00 bits per heavy atom. The lowest BCUT2D eigenvalue weighted by atomic mass is 10.2. The summed E-state index contributed by atoms with van der Waals surface area (Å²) in [6, 6.07) is 15.0. The van der Waals surface area contributed by atoms with Crippen molar-refractivity contribution in [2.75, 3.05) is 17.1 Å². The minimum absolute atomic E-state index is 0.0787. The zero-order chi connectivity index (χ0) is 21.0. The Balaban J connectivity index is 1.88. The predicted molar refractivity (Wildman–Crippen MR) is 112 cm³/mol. The molecule has 3 rings (SSSR count). The monoisotopic (exact) mass is 411 g/mol. The Bertz CT molecular complexity index is 1160. The fourth-order valence-corrected chi connectivity index (χ4v) is 4.13. The van der Waals surface area contributed by atoms with Crippen LogP contribution < -0.4 is 14.8 Å². The molecule has 0 atom stereocenters. The molecule has 0 unspecified atom stereocenters. The van der Waals surface area contributed by atoms with E-state index in [4.69, 9.17) is 4.74 Å². The first-order valence-corrected chi connectivity index (χ1v) is 10.3. The number of anilines is 2. The number of amides is 1. The van der Waals surface area contributed by atoms with Gasteiger partial charge in [-0.05, 0) is 61.4 Å². The van der Waals surface area contributed by atoms with E-state index in [0.29, 0.717) is 16.9 Å². The highest BCUT2D eigenvalue weighted by atomic mass is 32.2. The van der Waals surface area contributed by atoms with Crippen molar-refractivity contribution in [3.8, 4) is 5.88 Å². The number of benzene rings is 2. The summed E-state index contributed by atoms with van der Waals surface area (Å²) in [5.74, 6) is -0.264. The summed E-state index contributed by atoms with van der Waals surface area (Å²) in [5, 5.41) is 2.69. The molecular weight excluding hydrogens is 390 g/mol. The van der Waals surface area contributed by atoms with Gasteiger partial charge in [-0.3, -0.25) is 9.52 Å². The third kappa shape index (κ3) is 4.72. The van der Waals surface area contributed by atoms with E-state index in [9.17, 15) is 13.2 Å². The second kappa shape index (κ2) is 8.32. The average molecular weight is 411 g/mol. The van der Waals surface area contributed by atoms with E-state index in [2.05, 4.69) is 15.0 Å². The van der Waals surface area contributed by atoms with Gasteiger partial charge in [-0.25, -0.2) is 13.4 Å². The number of aryl methyl sites for hydroxylation is 2. The maximum Gasteiger partial charge on any atom is 0.262 e. The molecule has 1 aromatic heterocycles. The smallest absolute Gasteiger partial charge is 0.262 e. The molecule has 0 aliphatic carbocycles. The Morgan fingerprint density at radius 2 is 1.79 bits per heavy atom. The quantitative estimate of drug-likeness (QED) is 0.644. The topological polar surface area (TPSA) is 97.4 Å². The van der Waals surface area contributed by atoms with Gasteiger partial charge in [0.2, 0.25) is 5.88 Å². The molecule has 8 heteroatoms. The van der Waals surface area contributed by atoms with E-state index in [1.165, 1.54) is 19.4 Å². The van der Waals surface area contributed by atoms with E-state index < -0.39 is 15.9 Å². The standard InChI is InChI=1S/C21H21N3O4S/c1-14-6-4-7-17(12-14)24-29(26,27)19-13-16(10-9-15(19)2)23-20(25)18-8-5-11-22-21(18)28-3/h4-13,24H,1-3H3,(H,23,25). The molecule has 0 radical (unpaired) electrons. The minimum atomic E-state index is -3.83. The zero-order valence-electron chi connectivity index (χ0n) is 16.3.